The molecule has 1 amide bonds. The molecule has 0 saturated carbocycles. The Labute approximate surface area is 294 Å². The third-order valence-electron chi connectivity index (χ3n) is 10.6. The number of aromatic nitrogens is 3. The molecule has 10 rings (SSSR count). The van der Waals surface area contributed by atoms with Crippen molar-refractivity contribution in [2.75, 3.05) is 5.32 Å². The molecule has 7 heterocycles. The number of hydrogen-bond acceptors (Lipinski definition) is 8. The van der Waals surface area contributed by atoms with Crippen molar-refractivity contribution in [1.29, 1.82) is 0 Å². The number of hydrogen-bond donors (Lipinski definition) is 4. The predicted octanol–water partition coefficient (Wildman–Crippen LogP) is 7.98. The third kappa shape index (κ3) is 3.80. The van der Waals surface area contributed by atoms with E-state index < -0.39 is 23.7 Å². The summed E-state index contributed by atoms with van der Waals surface area (Å²) in [4.78, 5) is 26.7. The SMILES string of the molecule is CC[C@H](C)[C@@H]1NC(=O)[C@@H](N)Cc2ccc3c(c2)[C@]24c5cc(Cl)cc(c5N[C@@H]2O3)-c2cccc3[nH]c(Cl)c(c23)-c2oc(nc2Cl)-c2nc1oc24. The zero-order valence-electron chi connectivity index (χ0n) is 26.1. The lowest BCUT2D eigenvalue weighted by atomic mass is 9.72. The number of anilines is 1. The number of carbonyl (C=O) groups is 1. The third-order valence-corrected chi connectivity index (χ3v) is 11.3. The molecule has 0 radical (unpaired) electrons. The fourth-order valence-electron chi connectivity index (χ4n) is 8.06. The highest BCUT2D eigenvalue weighted by Gasteiger charge is 2.62. The van der Waals surface area contributed by atoms with Gasteiger partial charge in [-0.1, -0.05) is 79.3 Å². The highest BCUT2D eigenvalue weighted by atomic mass is 35.5. The first-order valence-electron chi connectivity index (χ1n) is 16.1. The molecule has 3 aromatic heterocycles. The largest absolute Gasteiger partial charge is 0.469 e. The Kier molecular flexibility index (Phi) is 6.03. The van der Waals surface area contributed by atoms with Crippen molar-refractivity contribution in [3.8, 4) is 39.8 Å². The van der Waals surface area contributed by atoms with E-state index in [1.807, 2.05) is 62.4 Å². The second-order valence-corrected chi connectivity index (χ2v) is 14.4. The van der Waals surface area contributed by atoms with E-state index in [-0.39, 0.29) is 34.5 Å². The maximum atomic E-state index is 13.6. The van der Waals surface area contributed by atoms with Crippen molar-refractivity contribution >= 4 is 57.3 Å². The standard InChI is InChI=1S/C36H27Cl3N6O4/c1-3-13(2)25-33-43-27-29(49-33)36-18-9-14(10-20(40)32(46)42-25)7-8-22(18)47-35(36)44-26-17(11-15(37)12-19(26)36)16-5-4-6-21-23(16)24(30(38)41-21)28-31(39)45-34(27)48-28/h4-9,11-13,20,25,35,41,44H,3,10,40H2,1-2H3,(H,42,46)/t13-,20-,25-,35+,36+/m0/s1. The molecule has 4 aliphatic rings. The molecule has 0 unspecified atom stereocenters. The Bertz CT molecular complexity index is 2430. The second kappa shape index (κ2) is 10.0. The summed E-state index contributed by atoms with van der Waals surface area (Å²) in [5, 5.41) is 8.61. The van der Waals surface area contributed by atoms with E-state index in [0.717, 1.165) is 50.8 Å². The molecular formula is C36H27Cl3N6O4. The number of ether oxygens (including phenoxy) is 1. The first kappa shape index (κ1) is 29.4. The molecule has 13 heteroatoms. The normalized spacial score (nSPS) is 23.2. The smallest absolute Gasteiger partial charge is 0.250 e. The van der Waals surface area contributed by atoms with Crippen LogP contribution < -0.4 is 21.1 Å². The van der Waals surface area contributed by atoms with Crippen LogP contribution in [0.3, 0.4) is 0 Å². The van der Waals surface area contributed by atoms with Crippen molar-refractivity contribution in [2.24, 2.45) is 11.7 Å². The molecule has 5 N–H and O–H groups in total. The quantitative estimate of drug-likeness (QED) is 0.141. The van der Waals surface area contributed by atoms with Crippen LogP contribution in [0.15, 0.2) is 57.4 Å². The average Bonchev–Trinajstić information content (AvgIpc) is 3.88. The van der Waals surface area contributed by atoms with Gasteiger partial charge in [-0.3, -0.25) is 4.79 Å². The molecule has 10 bridgehead atoms. The van der Waals surface area contributed by atoms with Crippen LogP contribution in [0, 0.1) is 5.92 Å². The van der Waals surface area contributed by atoms with E-state index in [4.69, 9.17) is 64.1 Å². The summed E-state index contributed by atoms with van der Waals surface area (Å²) in [6.45, 7) is 4.08. The Morgan fingerprint density at radius 3 is 2.73 bits per heavy atom. The Balaban J connectivity index is 1.41. The number of fused-ring (bicyclic) bond motifs is 7. The minimum Gasteiger partial charge on any atom is -0.469 e. The zero-order valence-corrected chi connectivity index (χ0v) is 28.3. The van der Waals surface area contributed by atoms with Crippen molar-refractivity contribution in [3.63, 3.8) is 0 Å². The van der Waals surface area contributed by atoms with Crippen LogP contribution in [-0.2, 0) is 16.6 Å². The molecule has 0 aliphatic carbocycles. The average molecular weight is 714 g/mol. The molecule has 49 heavy (non-hydrogen) atoms. The second-order valence-electron chi connectivity index (χ2n) is 13.2. The molecule has 0 saturated heterocycles. The molecule has 0 fully saturated rings. The van der Waals surface area contributed by atoms with Gasteiger partial charge in [0.2, 0.25) is 11.8 Å². The van der Waals surface area contributed by atoms with Gasteiger partial charge in [0.05, 0.1) is 11.6 Å². The van der Waals surface area contributed by atoms with E-state index in [2.05, 4.69) is 15.6 Å². The van der Waals surface area contributed by atoms with Gasteiger partial charge in [-0.05, 0) is 47.7 Å². The predicted molar refractivity (Wildman–Crippen MR) is 186 cm³/mol. The summed E-state index contributed by atoms with van der Waals surface area (Å²) in [5.74, 6) is 1.37. The molecule has 6 aromatic rings. The Hall–Kier alpha value is -4.48. The first-order valence-corrected chi connectivity index (χ1v) is 17.3. The van der Waals surface area contributed by atoms with E-state index in [9.17, 15) is 4.79 Å². The topological polar surface area (TPSA) is 144 Å². The van der Waals surface area contributed by atoms with Crippen molar-refractivity contribution in [3.05, 3.63) is 92.2 Å². The van der Waals surface area contributed by atoms with Gasteiger partial charge in [0.15, 0.2) is 28.6 Å². The molecular weight excluding hydrogens is 687 g/mol. The summed E-state index contributed by atoms with van der Waals surface area (Å²) < 4.78 is 20.3. The number of amides is 1. The highest BCUT2D eigenvalue weighted by molar-refractivity contribution is 6.37. The number of rotatable bonds is 2. The number of oxazole rings is 2. The van der Waals surface area contributed by atoms with Crippen molar-refractivity contribution in [2.45, 2.75) is 50.4 Å². The lowest BCUT2D eigenvalue weighted by molar-refractivity contribution is -0.123. The lowest BCUT2D eigenvalue weighted by Gasteiger charge is -2.28. The van der Waals surface area contributed by atoms with Crippen LogP contribution in [0.2, 0.25) is 15.3 Å². The molecule has 10 nitrogen and oxygen atoms in total. The minimum atomic E-state index is -1.12. The monoisotopic (exact) mass is 712 g/mol. The fourth-order valence-corrected chi connectivity index (χ4v) is 8.77. The van der Waals surface area contributed by atoms with Gasteiger partial charge in [-0.15, -0.1) is 0 Å². The minimum absolute atomic E-state index is 0.0674. The number of aromatic amines is 1. The van der Waals surface area contributed by atoms with Gasteiger partial charge < -0.3 is 34.9 Å². The van der Waals surface area contributed by atoms with Gasteiger partial charge in [0, 0.05) is 38.3 Å². The van der Waals surface area contributed by atoms with Crippen LogP contribution in [-0.4, -0.2) is 33.1 Å². The number of benzene rings is 3. The van der Waals surface area contributed by atoms with Gasteiger partial charge in [0.1, 0.15) is 22.4 Å². The Morgan fingerprint density at radius 1 is 1.04 bits per heavy atom. The number of nitrogens with zero attached hydrogens (tertiary/aromatic N) is 2. The number of nitrogens with one attached hydrogen (secondary N) is 3. The summed E-state index contributed by atoms with van der Waals surface area (Å²) in [7, 11) is 0. The molecule has 3 aromatic carbocycles. The number of halogens is 3. The fraction of sp³-hybridized carbons (Fsp3) is 0.250. The number of nitrogens with two attached hydrogens (primary N) is 1. The van der Waals surface area contributed by atoms with Gasteiger partial charge in [-0.25, -0.2) is 4.98 Å². The molecule has 1 spiro atoms. The maximum absolute atomic E-state index is 13.6. The summed E-state index contributed by atoms with van der Waals surface area (Å²) in [5.41, 5.74) is 12.0. The van der Waals surface area contributed by atoms with Crippen molar-refractivity contribution in [1.82, 2.24) is 20.3 Å². The molecule has 4 aliphatic heterocycles. The lowest BCUT2D eigenvalue weighted by Crippen LogP contribution is -2.45. The van der Waals surface area contributed by atoms with Crippen LogP contribution in [0.25, 0.3) is 44.9 Å². The Morgan fingerprint density at radius 2 is 1.90 bits per heavy atom. The maximum Gasteiger partial charge on any atom is 0.250 e. The van der Waals surface area contributed by atoms with Gasteiger partial charge in [-0.2, -0.15) is 4.98 Å². The first-order chi connectivity index (χ1) is 23.7. The van der Waals surface area contributed by atoms with Gasteiger partial charge in [0.25, 0.3) is 5.89 Å². The van der Waals surface area contributed by atoms with Crippen LogP contribution in [0.1, 0.15) is 54.7 Å². The van der Waals surface area contributed by atoms with E-state index in [1.165, 1.54) is 0 Å². The highest BCUT2D eigenvalue weighted by Crippen LogP contribution is 2.62. The number of H-pyrrole nitrogens is 1. The summed E-state index contributed by atoms with van der Waals surface area (Å²) in [6.07, 6.45) is 0.355. The van der Waals surface area contributed by atoms with E-state index in [0.29, 0.717) is 39.4 Å². The summed E-state index contributed by atoms with van der Waals surface area (Å²) in [6, 6.07) is 14.2. The van der Waals surface area contributed by atoms with Crippen molar-refractivity contribution < 1.29 is 18.4 Å². The van der Waals surface area contributed by atoms with Crippen LogP contribution in [0.5, 0.6) is 5.75 Å². The molecule has 246 valence electrons. The van der Waals surface area contributed by atoms with E-state index >= 15 is 0 Å². The number of carbonyl (C=O) groups excluding carboxylic acids is 1. The van der Waals surface area contributed by atoms with Crippen LogP contribution in [0.4, 0.5) is 5.69 Å². The van der Waals surface area contributed by atoms with Crippen LogP contribution >= 0.6 is 34.8 Å². The van der Waals surface area contributed by atoms with Gasteiger partial charge >= 0.3 is 0 Å². The zero-order chi connectivity index (χ0) is 33.5. The summed E-state index contributed by atoms with van der Waals surface area (Å²) >= 11 is 20.9. The molecule has 5 atom stereocenters. The van der Waals surface area contributed by atoms with E-state index in [1.54, 1.807) is 0 Å².